The molecule has 3 rings (SSSR count). The van der Waals surface area contributed by atoms with Crippen LogP contribution in [0.4, 0.5) is 5.69 Å². The maximum absolute atomic E-state index is 12.2. The number of carbonyl (C=O) groups excluding carboxylic acids is 1. The zero-order chi connectivity index (χ0) is 14.3. The lowest BCUT2D eigenvalue weighted by atomic mass is 10.2. The summed E-state index contributed by atoms with van der Waals surface area (Å²) in [4.78, 5) is 12.2. The summed E-state index contributed by atoms with van der Waals surface area (Å²) in [5, 5.41) is 18.2. The first-order valence-electron chi connectivity index (χ1n) is 6.50. The van der Waals surface area contributed by atoms with Crippen LogP contribution in [0.15, 0.2) is 6.20 Å². The Morgan fingerprint density at radius 1 is 1.45 bits per heavy atom. The van der Waals surface area contributed by atoms with Crippen LogP contribution in [0.25, 0.3) is 0 Å². The Labute approximate surface area is 116 Å². The van der Waals surface area contributed by atoms with Gasteiger partial charge in [0.15, 0.2) is 5.69 Å². The lowest BCUT2D eigenvalue weighted by molar-refractivity contribution is 0.102. The molecule has 20 heavy (non-hydrogen) atoms. The summed E-state index contributed by atoms with van der Waals surface area (Å²) in [7, 11) is 1.85. The minimum atomic E-state index is -0.261. The van der Waals surface area contributed by atoms with Crippen molar-refractivity contribution in [1.29, 1.82) is 0 Å². The number of nitrogens with zero attached hydrogens (tertiary/aromatic N) is 5. The molecule has 1 aliphatic heterocycles. The minimum absolute atomic E-state index is 0.261. The summed E-state index contributed by atoms with van der Waals surface area (Å²) in [5.74, 6) is -0.261. The third-order valence-electron chi connectivity index (χ3n) is 3.62. The molecule has 1 saturated heterocycles. The van der Waals surface area contributed by atoms with Crippen molar-refractivity contribution in [2.45, 2.75) is 19.9 Å². The first-order chi connectivity index (χ1) is 9.56. The Hall–Kier alpha value is -2.22. The molecule has 0 saturated carbocycles. The molecule has 8 nitrogen and oxygen atoms in total. The molecule has 2 N–H and O–H groups in total. The SMILES string of the molecule is Cc1nn(C)c(C)c1NC(=O)c1cn(C2CNC2)nn1. The summed E-state index contributed by atoms with van der Waals surface area (Å²) < 4.78 is 3.47. The number of carbonyl (C=O) groups is 1. The number of anilines is 1. The monoisotopic (exact) mass is 275 g/mol. The van der Waals surface area contributed by atoms with Crippen molar-refractivity contribution in [3.8, 4) is 0 Å². The smallest absolute Gasteiger partial charge is 0.277 e. The highest BCUT2D eigenvalue weighted by atomic mass is 16.2. The molecule has 1 amide bonds. The van der Waals surface area contributed by atoms with E-state index in [-0.39, 0.29) is 5.91 Å². The van der Waals surface area contributed by atoms with Crippen LogP contribution in [-0.2, 0) is 7.05 Å². The third-order valence-corrected chi connectivity index (χ3v) is 3.62. The number of aromatic nitrogens is 5. The van der Waals surface area contributed by atoms with E-state index in [9.17, 15) is 4.79 Å². The van der Waals surface area contributed by atoms with Gasteiger partial charge in [0, 0.05) is 20.1 Å². The molecule has 0 atom stereocenters. The third kappa shape index (κ3) is 2.07. The highest BCUT2D eigenvalue weighted by molar-refractivity contribution is 6.03. The summed E-state index contributed by atoms with van der Waals surface area (Å²) in [5.41, 5.74) is 2.75. The predicted octanol–water partition coefficient (Wildman–Crippen LogP) is 0.0250. The van der Waals surface area contributed by atoms with E-state index in [0.29, 0.717) is 11.7 Å². The van der Waals surface area contributed by atoms with E-state index in [1.807, 2.05) is 20.9 Å². The van der Waals surface area contributed by atoms with Crippen LogP contribution in [0.5, 0.6) is 0 Å². The summed E-state index contributed by atoms with van der Waals surface area (Å²) in [6.45, 7) is 5.50. The normalized spacial score (nSPS) is 15.2. The molecule has 0 unspecified atom stereocenters. The summed E-state index contributed by atoms with van der Waals surface area (Å²) in [6.07, 6.45) is 1.68. The molecule has 2 aromatic heterocycles. The second-order valence-corrected chi connectivity index (χ2v) is 5.02. The first-order valence-corrected chi connectivity index (χ1v) is 6.50. The maximum Gasteiger partial charge on any atom is 0.277 e. The molecular weight excluding hydrogens is 258 g/mol. The van der Waals surface area contributed by atoms with E-state index in [2.05, 4.69) is 26.0 Å². The van der Waals surface area contributed by atoms with Gasteiger partial charge in [-0.25, -0.2) is 4.68 Å². The van der Waals surface area contributed by atoms with Crippen LogP contribution < -0.4 is 10.6 Å². The van der Waals surface area contributed by atoms with Gasteiger partial charge in [-0.3, -0.25) is 9.48 Å². The number of hydrogen-bond acceptors (Lipinski definition) is 5. The number of hydrogen-bond donors (Lipinski definition) is 2. The van der Waals surface area contributed by atoms with Crippen molar-refractivity contribution in [2.24, 2.45) is 7.05 Å². The highest BCUT2D eigenvalue weighted by Gasteiger charge is 2.22. The van der Waals surface area contributed by atoms with Crippen molar-refractivity contribution >= 4 is 11.6 Å². The maximum atomic E-state index is 12.2. The number of rotatable bonds is 3. The molecule has 3 heterocycles. The van der Waals surface area contributed by atoms with E-state index in [1.165, 1.54) is 0 Å². The first kappa shape index (κ1) is 12.8. The fourth-order valence-corrected chi connectivity index (χ4v) is 2.15. The molecule has 2 aromatic rings. The second-order valence-electron chi connectivity index (χ2n) is 5.02. The zero-order valence-corrected chi connectivity index (χ0v) is 11.7. The van der Waals surface area contributed by atoms with Gasteiger partial charge in [0.1, 0.15) is 0 Å². The average Bonchev–Trinajstić information content (AvgIpc) is 2.89. The Kier molecular flexibility index (Phi) is 3.01. The van der Waals surface area contributed by atoms with Crippen LogP contribution in [0.1, 0.15) is 27.9 Å². The number of nitrogens with one attached hydrogen (secondary N) is 2. The second kappa shape index (κ2) is 4.71. The largest absolute Gasteiger partial charge is 0.317 e. The van der Waals surface area contributed by atoms with Gasteiger partial charge in [-0.2, -0.15) is 5.10 Å². The fourth-order valence-electron chi connectivity index (χ4n) is 2.15. The summed E-state index contributed by atoms with van der Waals surface area (Å²) >= 11 is 0. The van der Waals surface area contributed by atoms with E-state index < -0.39 is 0 Å². The number of aryl methyl sites for hydroxylation is 2. The fraction of sp³-hybridized carbons (Fsp3) is 0.500. The number of amides is 1. The standard InChI is InChI=1S/C12H17N7O/c1-7-11(8(2)18(3)16-7)14-12(20)10-6-19(17-15-10)9-4-13-5-9/h6,9,13H,4-5H2,1-3H3,(H,14,20). The van der Waals surface area contributed by atoms with Crippen molar-refractivity contribution in [3.05, 3.63) is 23.3 Å². The molecule has 0 radical (unpaired) electrons. The van der Waals surface area contributed by atoms with Gasteiger partial charge in [0.25, 0.3) is 5.91 Å². The minimum Gasteiger partial charge on any atom is -0.317 e. The van der Waals surface area contributed by atoms with Crippen LogP contribution in [0, 0.1) is 13.8 Å². The Morgan fingerprint density at radius 2 is 2.20 bits per heavy atom. The van der Waals surface area contributed by atoms with Gasteiger partial charge in [-0.05, 0) is 13.8 Å². The van der Waals surface area contributed by atoms with Crippen molar-refractivity contribution in [3.63, 3.8) is 0 Å². The quantitative estimate of drug-likeness (QED) is 0.824. The summed E-state index contributed by atoms with van der Waals surface area (Å²) in [6, 6.07) is 0.297. The van der Waals surface area contributed by atoms with Crippen molar-refractivity contribution < 1.29 is 4.79 Å². The molecule has 8 heteroatoms. The molecule has 1 fully saturated rings. The zero-order valence-electron chi connectivity index (χ0n) is 11.7. The molecular formula is C12H17N7O. The molecule has 106 valence electrons. The van der Waals surface area contributed by atoms with E-state index in [4.69, 9.17) is 0 Å². The Morgan fingerprint density at radius 3 is 2.75 bits per heavy atom. The van der Waals surface area contributed by atoms with Crippen LogP contribution in [0.3, 0.4) is 0 Å². The molecule has 1 aliphatic rings. The van der Waals surface area contributed by atoms with Gasteiger partial charge >= 0.3 is 0 Å². The van der Waals surface area contributed by atoms with Gasteiger partial charge in [-0.15, -0.1) is 5.10 Å². The molecule has 0 spiro atoms. The molecule has 0 bridgehead atoms. The Bertz CT molecular complexity index is 653. The van der Waals surface area contributed by atoms with Crippen LogP contribution in [0.2, 0.25) is 0 Å². The average molecular weight is 275 g/mol. The van der Waals surface area contributed by atoms with Crippen LogP contribution in [-0.4, -0.2) is 43.8 Å². The molecule has 0 aromatic carbocycles. The van der Waals surface area contributed by atoms with Gasteiger partial charge in [0.05, 0.1) is 29.3 Å². The topological polar surface area (TPSA) is 89.7 Å². The van der Waals surface area contributed by atoms with Gasteiger partial charge in [0.2, 0.25) is 0 Å². The van der Waals surface area contributed by atoms with E-state index >= 15 is 0 Å². The van der Waals surface area contributed by atoms with E-state index in [0.717, 1.165) is 30.2 Å². The van der Waals surface area contributed by atoms with Crippen molar-refractivity contribution in [1.82, 2.24) is 30.1 Å². The van der Waals surface area contributed by atoms with Crippen molar-refractivity contribution in [2.75, 3.05) is 18.4 Å². The lowest BCUT2D eigenvalue weighted by Gasteiger charge is -2.26. The lowest BCUT2D eigenvalue weighted by Crippen LogP contribution is -2.43. The molecule has 0 aliphatic carbocycles. The van der Waals surface area contributed by atoms with E-state index in [1.54, 1.807) is 15.6 Å². The predicted molar refractivity (Wildman–Crippen MR) is 72.6 cm³/mol. The van der Waals surface area contributed by atoms with Crippen LogP contribution >= 0.6 is 0 Å². The van der Waals surface area contributed by atoms with Gasteiger partial charge < -0.3 is 10.6 Å². The van der Waals surface area contributed by atoms with Gasteiger partial charge in [-0.1, -0.05) is 5.21 Å². The Balaban J connectivity index is 1.77. The highest BCUT2D eigenvalue weighted by Crippen LogP contribution is 2.19.